The minimum atomic E-state index is -3.67. The van der Waals surface area contributed by atoms with E-state index in [2.05, 4.69) is 0 Å². The number of piperidine rings is 1. The predicted octanol–water partition coefficient (Wildman–Crippen LogP) is 3.97. The van der Waals surface area contributed by atoms with Crippen LogP contribution in [0.15, 0.2) is 47.4 Å². The van der Waals surface area contributed by atoms with Gasteiger partial charge in [-0.3, -0.25) is 4.79 Å². The van der Waals surface area contributed by atoms with Crippen LogP contribution in [0.5, 0.6) is 0 Å². The van der Waals surface area contributed by atoms with Crippen LogP contribution in [0, 0.1) is 12.7 Å². The summed E-state index contributed by atoms with van der Waals surface area (Å²) < 4.78 is 41.7. The normalized spacial score (nSPS) is 17.9. The number of rotatable bonds is 5. The molecule has 2 aromatic rings. The van der Waals surface area contributed by atoms with Crippen molar-refractivity contribution in [3.63, 3.8) is 0 Å². The van der Waals surface area contributed by atoms with Crippen LogP contribution < -0.4 is 0 Å². The number of carbonyl (C=O) groups excluding carboxylic acids is 1. The molecule has 1 atom stereocenters. The Balaban J connectivity index is 1.88. The summed E-state index contributed by atoms with van der Waals surface area (Å²) in [5.41, 5.74) is 1.41. The molecule has 2 aromatic carbocycles. The molecule has 0 N–H and O–H groups in total. The number of amides is 1. The molecule has 156 valence electrons. The molecule has 0 spiro atoms. The Hall–Kier alpha value is -2.25. The Morgan fingerprint density at radius 1 is 1.21 bits per heavy atom. The standard InChI is InChI=1S/C22H27FN2O3S/c1-16-11-12-19(29(27,28)25-13-7-6-8-17(25)2)14-20(16)22(26)24(3)15-18-9-4-5-10-21(18)23/h4-5,9-12,14,17H,6-8,13,15H2,1-3H3. The molecule has 0 aromatic heterocycles. The topological polar surface area (TPSA) is 57.7 Å². The molecule has 7 heteroatoms. The van der Waals surface area contributed by atoms with Crippen LogP contribution in [0.2, 0.25) is 0 Å². The van der Waals surface area contributed by atoms with Gasteiger partial charge < -0.3 is 4.90 Å². The fourth-order valence-electron chi connectivity index (χ4n) is 3.72. The van der Waals surface area contributed by atoms with Crippen molar-refractivity contribution in [2.75, 3.05) is 13.6 Å². The van der Waals surface area contributed by atoms with E-state index in [4.69, 9.17) is 0 Å². The zero-order chi connectivity index (χ0) is 21.2. The predicted molar refractivity (Wildman–Crippen MR) is 111 cm³/mol. The first kappa shape index (κ1) is 21.5. The lowest BCUT2D eigenvalue weighted by molar-refractivity contribution is 0.0783. The number of aryl methyl sites for hydroxylation is 1. The van der Waals surface area contributed by atoms with Gasteiger partial charge in [0.15, 0.2) is 0 Å². The highest BCUT2D eigenvalue weighted by Crippen LogP contribution is 2.27. The van der Waals surface area contributed by atoms with Crippen LogP contribution in [0.4, 0.5) is 4.39 Å². The Bertz CT molecular complexity index is 1010. The van der Waals surface area contributed by atoms with Gasteiger partial charge in [0.2, 0.25) is 10.0 Å². The van der Waals surface area contributed by atoms with Gasteiger partial charge in [-0.05, 0) is 50.5 Å². The summed E-state index contributed by atoms with van der Waals surface area (Å²) >= 11 is 0. The molecular formula is C22H27FN2O3S. The lowest BCUT2D eigenvalue weighted by Gasteiger charge is -2.32. The van der Waals surface area contributed by atoms with Gasteiger partial charge in [-0.25, -0.2) is 12.8 Å². The van der Waals surface area contributed by atoms with Gasteiger partial charge in [-0.2, -0.15) is 4.31 Å². The Kier molecular flexibility index (Phi) is 6.39. The van der Waals surface area contributed by atoms with Crippen molar-refractivity contribution in [3.8, 4) is 0 Å². The third-order valence-corrected chi connectivity index (χ3v) is 7.51. The average molecular weight is 419 g/mol. The zero-order valence-corrected chi connectivity index (χ0v) is 17.9. The molecule has 1 unspecified atom stereocenters. The van der Waals surface area contributed by atoms with Gasteiger partial charge in [0, 0.05) is 37.3 Å². The molecule has 0 saturated carbocycles. The molecule has 29 heavy (non-hydrogen) atoms. The van der Waals surface area contributed by atoms with Crippen LogP contribution in [-0.2, 0) is 16.6 Å². The fourth-order valence-corrected chi connectivity index (χ4v) is 5.44. The van der Waals surface area contributed by atoms with Crippen LogP contribution >= 0.6 is 0 Å². The van der Waals surface area contributed by atoms with E-state index in [9.17, 15) is 17.6 Å². The van der Waals surface area contributed by atoms with Crippen LogP contribution in [0.25, 0.3) is 0 Å². The van der Waals surface area contributed by atoms with Crippen molar-refractivity contribution in [1.82, 2.24) is 9.21 Å². The molecule has 1 aliphatic rings. The molecule has 1 amide bonds. The van der Waals surface area contributed by atoms with Crippen molar-refractivity contribution in [2.45, 2.75) is 50.6 Å². The number of halogens is 1. The lowest BCUT2D eigenvalue weighted by atomic mass is 10.1. The lowest BCUT2D eigenvalue weighted by Crippen LogP contribution is -2.42. The first-order valence-corrected chi connectivity index (χ1v) is 11.3. The average Bonchev–Trinajstić information content (AvgIpc) is 2.69. The van der Waals surface area contributed by atoms with Gasteiger partial charge >= 0.3 is 0 Å². The summed E-state index contributed by atoms with van der Waals surface area (Å²) in [7, 11) is -2.09. The summed E-state index contributed by atoms with van der Waals surface area (Å²) in [6.45, 7) is 4.28. The SMILES string of the molecule is Cc1ccc(S(=O)(=O)N2CCCCC2C)cc1C(=O)N(C)Cc1ccccc1F. The smallest absolute Gasteiger partial charge is 0.254 e. The second-order valence-corrected chi connectivity index (χ2v) is 9.58. The Morgan fingerprint density at radius 2 is 1.93 bits per heavy atom. The second kappa shape index (κ2) is 8.63. The van der Waals surface area contributed by atoms with Gasteiger partial charge in [0.05, 0.1) is 4.90 Å². The Labute approximate surface area is 172 Å². The monoisotopic (exact) mass is 418 g/mol. The summed E-state index contributed by atoms with van der Waals surface area (Å²) in [6, 6.07) is 10.9. The molecule has 0 bridgehead atoms. The molecule has 1 fully saturated rings. The highest BCUT2D eigenvalue weighted by atomic mass is 32.2. The van der Waals surface area contributed by atoms with E-state index in [1.165, 1.54) is 21.3 Å². The minimum absolute atomic E-state index is 0.0575. The van der Waals surface area contributed by atoms with Crippen molar-refractivity contribution < 1.29 is 17.6 Å². The molecule has 1 heterocycles. The Morgan fingerprint density at radius 3 is 2.62 bits per heavy atom. The largest absolute Gasteiger partial charge is 0.337 e. The number of hydrogen-bond donors (Lipinski definition) is 0. The first-order chi connectivity index (χ1) is 13.7. The maximum Gasteiger partial charge on any atom is 0.254 e. The molecule has 0 aliphatic carbocycles. The fraction of sp³-hybridized carbons (Fsp3) is 0.409. The summed E-state index contributed by atoms with van der Waals surface area (Å²) in [6.07, 6.45) is 2.69. The van der Waals surface area contributed by atoms with E-state index in [0.717, 1.165) is 19.3 Å². The number of nitrogens with zero attached hydrogens (tertiary/aromatic N) is 2. The summed E-state index contributed by atoms with van der Waals surface area (Å²) in [5.74, 6) is -0.714. The van der Waals surface area contributed by atoms with Crippen molar-refractivity contribution in [2.24, 2.45) is 0 Å². The second-order valence-electron chi connectivity index (χ2n) is 7.69. The molecule has 1 saturated heterocycles. The summed E-state index contributed by atoms with van der Waals surface area (Å²) in [5, 5.41) is 0. The van der Waals surface area contributed by atoms with Gasteiger partial charge in [0.1, 0.15) is 5.82 Å². The number of hydrogen-bond acceptors (Lipinski definition) is 3. The van der Waals surface area contributed by atoms with Crippen molar-refractivity contribution in [3.05, 3.63) is 65.0 Å². The van der Waals surface area contributed by atoms with Crippen molar-refractivity contribution in [1.29, 1.82) is 0 Å². The summed E-state index contributed by atoms with van der Waals surface area (Å²) in [4.78, 5) is 14.5. The maximum absolute atomic E-state index is 13.9. The molecule has 3 rings (SSSR count). The highest BCUT2D eigenvalue weighted by Gasteiger charge is 2.31. The molecule has 1 aliphatic heterocycles. The number of sulfonamides is 1. The third-order valence-electron chi connectivity index (χ3n) is 5.50. The van der Waals surface area contributed by atoms with E-state index in [1.54, 1.807) is 44.3 Å². The third kappa shape index (κ3) is 4.51. The van der Waals surface area contributed by atoms with Crippen LogP contribution in [0.3, 0.4) is 0 Å². The number of benzene rings is 2. The molecule has 5 nitrogen and oxygen atoms in total. The van der Waals surface area contributed by atoms with Crippen LogP contribution in [-0.4, -0.2) is 43.2 Å². The zero-order valence-electron chi connectivity index (χ0n) is 17.1. The molecule has 0 radical (unpaired) electrons. The van der Waals surface area contributed by atoms with E-state index < -0.39 is 10.0 Å². The minimum Gasteiger partial charge on any atom is -0.337 e. The highest BCUT2D eigenvalue weighted by molar-refractivity contribution is 7.89. The van der Waals surface area contributed by atoms with Crippen LogP contribution in [0.1, 0.15) is 47.7 Å². The number of carbonyl (C=O) groups is 1. The van der Waals surface area contributed by atoms with Crippen molar-refractivity contribution >= 4 is 15.9 Å². The van der Waals surface area contributed by atoms with E-state index in [-0.39, 0.29) is 29.2 Å². The van der Waals surface area contributed by atoms with Gasteiger partial charge in [0.25, 0.3) is 5.91 Å². The van der Waals surface area contributed by atoms with E-state index in [0.29, 0.717) is 23.2 Å². The first-order valence-electron chi connectivity index (χ1n) is 9.83. The van der Waals surface area contributed by atoms with E-state index in [1.807, 2.05) is 6.92 Å². The quantitative estimate of drug-likeness (QED) is 0.738. The maximum atomic E-state index is 13.9. The van der Waals surface area contributed by atoms with Gasteiger partial charge in [-0.1, -0.05) is 30.7 Å². The van der Waals surface area contributed by atoms with Gasteiger partial charge in [-0.15, -0.1) is 0 Å². The molecular weight excluding hydrogens is 391 g/mol. The van der Waals surface area contributed by atoms with E-state index >= 15 is 0 Å².